The number of aliphatic carboxylic acids is 2. The van der Waals surface area contributed by atoms with Gasteiger partial charge in [0.25, 0.3) is 0 Å². The largest absolute Gasteiger partial charge is 0.481 e. The Bertz CT molecular complexity index is 611. The van der Waals surface area contributed by atoms with Crippen LogP contribution in [0.1, 0.15) is 84.0 Å². The van der Waals surface area contributed by atoms with Gasteiger partial charge in [0.1, 0.15) is 18.3 Å². The second-order valence-electron chi connectivity index (χ2n) is 8.88. The van der Waals surface area contributed by atoms with Crippen LogP contribution in [0.15, 0.2) is 12.2 Å². The minimum absolute atomic E-state index is 0.130. The molecule has 0 aromatic carbocycles. The maximum atomic E-state index is 11.3. The van der Waals surface area contributed by atoms with E-state index in [1.54, 1.807) is 0 Å². The number of unbranched alkanes of at least 4 members (excludes halogenated alkanes) is 7. The van der Waals surface area contributed by atoms with E-state index in [0.717, 1.165) is 44.9 Å². The molecule has 0 aromatic rings. The summed E-state index contributed by atoms with van der Waals surface area (Å²) in [7, 11) is 0. The first-order chi connectivity index (χ1) is 16.2. The van der Waals surface area contributed by atoms with Gasteiger partial charge in [-0.15, -0.1) is 0 Å². The van der Waals surface area contributed by atoms with E-state index in [9.17, 15) is 35.1 Å². The number of aliphatic hydroxyl groups excluding tert-OH is 4. The Labute approximate surface area is 201 Å². The Hall–Kier alpha value is -1.56. The predicted octanol–water partition coefficient (Wildman–Crippen LogP) is 1.97. The van der Waals surface area contributed by atoms with E-state index in [2.05, 4.69) is 6.92 Å². The minimum Gasteiger partial charge on any atom is -0.481 e. The monoisotopic (exact) mass is 490 g/mol. The Morgan fingerprint density at radius 1 is 0.912 bits per heavy atom. The van der Waals surface area contributed by atoms with E-state index in [1.807, 2.05) is 12.2 Å². The third-order valence-corrected chi connectivity index (χ3v) is 5.95. The molecule has 6 N–H and O–H groups in total. The molecule has 10 nitrogen and oxygen atoms in total. The van der Waals surface area contributed by atoms with E-state index >= 15 is 0 Å². The smallest absolute Gasteiger partial charge is 0.335 e. The van der Waals surface area contributed by atoms with Crippen LogP contribution < -0.4 is 0 Å². The summed E-state index contributed by atoms with van der Waals surface area (Å²) in [5, 5.41) is 58.8. The van der Waals surface area contributed by atoms with E-state index < -0.39 is 54.9 Å². The molecule has 1 heterocycles. The van der Waals surface area contributed by atoms with Crippen LogP contribution in [-0.4, -0.2) is 85.5 Å². The molecule has 1 rings (SSSR count). The first-order valence-electron chi connectivity index (χ1n) is 12.3. The zero-order valence-electron chi connectivity index (χ0n) is 20.0. The number of hydrogen-bond acceptors (Lipinski definition) is 8. The molecule has 0 bridgehead atoms. The van der Waals surface area contributed by atoms with Crippen LogP contribution in [0.5, 0.6) is 0 Å². The van der Waals surface area contributed by atoms with Gasteiger partial charge in [-0.25, -0.2) is 4.79 Å². The van der Waals surface area contributed by atoms with E-state index in [1.165, 1.54) is 0 Å². The van der Waals surface area contributed by atoms with Gasteiger partial charge in [-0.2, -0.15) is 0 Å². The summed E-state index contributed by atoms with van der Waals surface area (Å²) < 4.78 is 11.0. The molecule has 7 atom stereocenters. The average Bonchev–Trinajstić information content (AvgIpc) is 2.79. The highest BCUT2D eigenvalue weighted by Gasteiger charge is 2.48. The Balaban J connectivity index is 2.69. The minimum atomic E-state index is -1.81. The van der Waals surface area contributed by atoms with Gasteiger partial charge in [0.05, 0.1) is 12.2 Å². The highest BCUT2D eigenvalue weighted by Crippen LogP contribution is 2.26. The molecule has 0 saturated carbocycles. The number of hydrogen-bond donors (Lipinski definition) is 6. The van der Waals surface area contributed by atoms with Gasteiger partial charge in [0, 0.05) is 6.42 Å². The molecule has 34 heavy (non-hydrogen) atoms. The van der Waals surface area contributed by atoms with Crippen molar-refractivity contribution in [1.29, 1.82) is 0 Å². The number of allylic oxidation sites excluding steroid dienone is 1. The van der Waals surface area contributed by atoms with Gasteiger partial charge < -0.3 is 40.1 Å². The van der Waals surface area contributed by atoms with Crippen LogP contribution in [0, 0.1) is 0 Å². The fourth-order valence-corrected chi connectivity index (χ4v) is 3.86. The molecule has 0 aromatic heterocycles. The van der Waals surface area contributed by atoms with E-state index in [-0.39, 0.29) is 6.42 Å². The summed E-state index contributed by atoms with van der Waals surface area (Å²) in [6, 6.07) is 0. The van der Waals surface area contributed by atoms with E-state index in [4.69, 9.17) is 14.6 Å². The molecule has 1 aliphatic rings. The lowest BCUT2D eigenvalue weighted by Gasteiger charge is -2.40. The summed E-state index contributed by atoms with van der Waals surface area (Å²) in [6.07, 6.45) is 2.21. The lowest BCUT2D eigenvalue weighted by Crippen LogP contribution is -2.61. The van der Waals surface area contributed by atoms with Gasteiger partial charge in [-0.05, 0) is 32.1 Å². The molecule has 0 spiro atoms. The topological polar surface area (TPSA) is 174 Å². The first-order valence-corrected chi connectivity index (χ1v) is 12.3. The Morgan fingerprint density at radius 2 is 1.59 bits per heavy atom. The molecule has 0 radical (unpaired) electrons. The fraction of sp³-hybridized carbons (Fsp3) is 0.833. The second-order valence-corrected chi connectivity index (χ2v) is 8.88. The molecular formula is C24H42O10. The Kier molecular flexibility index (Phi) is 15.2. The standard InChI is InChI=1S/C24H42O10/c1-2-3-4-5-7-10-13-16(25)17(14-11-8-6-9-12-15-18(26)27)33-24-21(30)19(28)20(29)22(34-24)23(31)32/h7,10,16-17,19-22,24-25,28-30H,2-6,8-9,11-15H2,1H3,(H,26,27)(H,31,32)/b10-7-/t16-,17-,19-,20+,21-,22-,24-/m1/s1. The van der Waals surface area contributed by atoms with Gasteiger partial charge in [0.15, 0.2) is 12.4 Å². The van der Waals surface area contributed by atoms with E-state index in [0.29, 0.717) is 25.7 Å². The van der Waals surface area contributed by atoms with Crippen LogP contribution in [0.2, 0.25) is 0 Å². The molecule has 1 saturated heterocycles. The fourth-order valence-electron chi connectivity index (χ4n) is 3.86. The summed E-state index contributed by atoms with van der Waals surface area (Å²) in [5.74, 6) is -2.32. The Morgan fingerprint density at radius 3 is 2.24 bits per heavy atom. The van der Waals surface area contributed by atoms with Crippen LogP contribution in [0.25, 0.3) is 0 Å². The SMILES string of the molecule is CCCCC/C=C\C[C@@H](O)[C@@H](CCCCCCCC(=O)O)O[C@@H]1O[C@@H](C(=O)O)[C@@H](O)[C@@H](O)[C@H]1O. The van der Waals surface area contributed by atoms with Crippen molar-refractivity contribution in [2.24, 2.45) is 0 Å². The number of carboxylic acid groups (broad SMARTS) is 2. The van der Waals surface area contributed by atoms with Crippen LogP contribution >= 0.6 is 0 Å². The lowest BCUT2D eigenvalue weighted by molar-refractivity contribution is -0.310. The van der Waals surface area contributed by atoms with Crippen LogP contribution in [-0.2, 0) is 19.1 Å². The number of carboxylic acids is 2. The summed E-state index contributed by atoms with van der Waals surface area (Å²) in [5.41, 5.74) is 0. The molecular weight excluding hydrogens is 448 g/mol. The van der Waals surface area contributed by atoms with Crippen molar-refractivity contribution < 1.29 is 49.7 Å². The second kappa shape index (κ2) is 17.0. The predicted molar refractivity (Wildman–Crippen MR) is 123 cm³/mol. The quantitative estimate of drug-likeness (QED) is 0.123. The van der Waals surface area contributed by atoms with Crippen LogP contribution in [0.4, 0.5) is 0 Å². The van der Waals surface area contributed by atoms with Crippen molar-refractivity contribution in [3.05, 3.63) is 12.2 Å². The van der Waals surface area contributed by atoms with Crippen molar-refractivity contribution in [3.63, 3.8) is 0 Å². The molecule has 198 valence electrons. The average molecular weight is 491 g/mol. The number of rotatable bonds is 18. The molecule has 0 unspecified atom stereocenters. The maximum absolute atomic E-state index is 11.3. The molecule has 0 amide bonds. The van der Waals surface area contributed by atoms with Crippen LogP contribution in [0.3, 0.4) is 0 Å². The third kappa shape index (κ3) is 11.2. The van der Waals surface area contributed by atoms with Crippen molar-refractivity contribution in [1.82, 2.24) is 0 Å². The van der Waals surface area contributed by atoms with Gasteiger partial charge in [0.2, 0.25) is 0 Å². The zero-order chi connectivity index (χ0) is 25.5. The van der Waals surface area contributed by atoms with Gasteiger partial charge in [-0.1, -0.05) is 57.6 Å². The van der Waals surface area contributed by atoms with Crippen molar-refractivity contribution >= 4 is 11.9 Å². The summed E-state index contributed by atoms with van der Waals surface area (Å²) in [4.78, 5) is 21.9. The summed E-state index contributed by atoms with van der Waals surface area (Å²) in [6.45, 7) is 2.12. The third-order valence-electron chi connectivity index (χ3n) is 5.95. The first kappa shape index (κ1) is 30.5. The molecule has 10 heteroatoms. The molecule has 1 aliphatic heterocycles. The lowest BCUT2D eigenvalue weighted by atomic mass is 9.98. The highest BCUT2D eigenvalue weighted by molar-refractivity contribution is 5.73. The zero-order valence-corrected chi connectivity index (χ0v) is 20.0. The number of ether oxygens (including phenoxy) is 2. The maximum Gasteiger partial charge on any atom is 0.335 e. The normalized spacial score (nSPS) is 27.0. The number of carbonyl (C=O) groups is 2. The van der Waals surface area contributed by atoms with Crippen molar-refractivity contribution in [2.45, 2.75) is 127 Å². The van der Waals surface area contributed by atoms with Crippen molar-refractivity contribution in [2.75, 3.05) is 0 Å². The number of aliphatic hydroxyl groups is 4. The highest BCUT2D eigenvalue weighted by atomic mass is 16.7. The molecule has 1 fully saturated rings. The van der Waals surface area contributed by atoms with Gasteiger partial charge >= 0.3 is 11.9 Å². The summed E-state index contributed by atoms with van der Waals surface area (Å²) >= 11 is 0. The molecule has 0 aliphatic carbocycles. The van der Waals surface area contributed by atoms with Crippen molar-refractivity contribution in [3.8, 4) is 0 Å². The van der Waals surface area contributed by atoms with Gasteiger partial charge in [-0.3, -0.25) is 4.79 Å².